The molecule has 9 nitrogen and oxygen atoms in total. The maximum atomic E-state index is 12.1. The van der Waals surface area contributed by atoms with Crippen LogP contribution >= 0.6 is 0 Å². The topological polar surface area (TPSA) is 115 Å². The lowest BCUT2D eigenvalue weighted by Gasteiger charge is -2.08. The predicted octanol–water partition coefficient (Wildman–Crippen LogP) is 0.132. The Kier molecular flexibility index (Phi) is 4.01. The molecular weight excluding hydrogens is 298 g/mol. The first-order valence-electron chi connectivity index (χ1n) is 6.58. The van der Waals surface area contributed by atoms with Gasteiger partial charge in [-0.1, -0.05) is 6.07 Å². The van der Waals surface area contributed by atoms with Crippen LogP contribution in [0.4, 0.5) is 0 Å². The smallest absolute Gasteiger partial charge is 0.267 e. The number of tetrazole rings is 1. The zero-order chi connectivity index (χ0) is 16.1. The molecule has 0 spiro atoms. The lowest BCUT2D eigenvalue weighted by molar-refractivity contribution is 0.0846. The zero-order valence-electron chi connectivity index (χ0n) is 11.7. The van der Waals surface area contributed by atoms with E-state index in [9.17, 15) is 9.59 Å². The molecule has 3 aromatic rings. The summed E-state index contributed by atoms with van der Waals surface area (Å²) in [5.74, 6) is -0.916. The third kappa shape index (κ3) is 3.35. The van der Waals surface area contributed by atoms with Crippen molar-refractivity contribution < 1.29 is 9.59 Å². The van der Waals surface area contributed by atoms with Gasteiger partial charge in [0.1, 0.15) is 6.33 Å². The molecule has 9 heteroatoms. The fraction of sp³-hybridized carbons (Fsp3) is 0. The Bertz CT molecular complexity index is 818. The van der Waals surface area contributed by atoms with Crippen LogP contribution in [-0.4, -0.2) is 37.0 Å². The molecule has 23 heavy (non-hydrogen) atoms. The van der Waals surface area contributed by atoms with Crippen LogP contribution < -0.4 is 10.9 Å². The number of aromatic nitrogens is 5. The minimum Gasteiger partial charge on any atom is -0.267 e. The highest BCUT2D eigenvalue weighted by atomic mass is 16.2. The summed E-state index contributed by atoms with van der Waals surface area (Å²) < 4.78 is 1.42. The molecule has 0 aliphatic carbocycles. The molecule has 1 aromatic carbocycles. The Morgan fingerprint density at radius 1 is 1.00 bits per heavy atom. The highest BCUT2D eigenvalue weighted by Crippen LogP contribution is 2.08. The van der Waals surface area contributed by atoms with Gasteiger partial charge < -0.3 is 0 Å². The first-order chi connectivity index (χ1) is 11.2. The van der Waals surface area contributed by atoms with Gasteiger partial charge in [0.2, 0.25) is 0 Å². The summed E-state index contributed by atoms with van der Waals surface area (Å²) in [6.07, 6.45) is 4.38. The highest BCUT2D eigenvalue weighted by Gasteiger charge is 2.10. The van der Waals surface area contributed by atoms with E-state index in [4.69, 9.17) is 0 Å². The van der Waals surface area contributed by atoms with Gasteiger partial charge in [-0.2, -0.15) is 0 Å². The number of nitrogens with zero attached hydrogens (tertiary/aromatic N) is 5. The second kappa shape index (κ2) is 6.43. The lowest BCUT2D eigenvalue weighted by Crippen LogP contribution is -2.41. The predicted molar refractivity (Wildman–Crippen MR) is 78.3 cm³/mol. The Hall–Kier alpha value is -3.62. The van der Waals surface area contributed by atoms with Crippen molar-refractivity contribution in [3.05, 3.63) is 66.2 Å². The van der Waals surface area contributed by atoms with Gasteiger partial charge in [0.15, 0.2) is 0 Å². The molecule has 0 saturated heterocycles. The van der Waals surface area contributed by atoms with Gasteiger partial charge in [0.25, 0.3) is 11.8 Å². The first kappa shape index (κ1) is 14.3. The molecule has 0 atom stereocenters. The summed E-state index contributed by atoms with van der Waals surface area (Å²) in [5.41, 5.74) is 5.99. The quantitative estimate of drug-likeness (QED) is 0.665. The Morgan fingerprint density at radius 2 is 1.78 bits per heavy atom. The molecule has 0 fully saturated rings. The fourth-order valence-corrected chi connectivity index (χ4v) is 1.82. The monoisotopic (exact) mass is 309 g/mol. The maximum absolute atomic E-state index is 12.1. The number of hydrogen-bond donors (Lipinski definition) is 2. The molecule has 0 saturated carbocycles. The molecule has 2 amide bonds. The normalized spacial score (nSPS) is 10.1. The van der Waals surface area contributed by atoms with Crippen molar-refractivity contribution in [2.45, 2.75) is 0 Å². The molecule has 0 aliphatic rings. The van der Waals surface area contributed by atoms with E-state index in [-0.39, 0.29) is 0 Å². The molecule has 2 N–H and O–H groups in total. The average molecular weight is 309 g/mol. The van der Waals surface area contributed by atoms with Crippen molar-refractivity contribution in [2.75, 3.05) is 0 Å². The molecule has 0 aliphatic heterocycles. The SMILES string of the molecule is O=C(NNC(=O)c1cccc(-n2cnnn2)c1)c1cccnc1. The minimum atomic E-state index is -0.461. The third-order valence-electron chi connectivity index (χ3n) is 2.94. The number of amides is 2. The number of rotatable bonds is 3. The fourth-order valence-electron chi connectivity index (χ4n) is 1.82. The molecule has 0 radical (unpaired) electrons. The summed E-state index contributed by atoms with van der Waals surface area (Å²) in [6.45, 7) is 0. The van der Waals surface area contributed by atoms with Gasteiger partial charge in [-0.05, 0) is 40.8 Å². The Balaban J connectivity index is 1.67. The van der Waals surface area contributed by atoms with Gasteiger partial charge in [-0.25, -0.2) is 4.68 Å². The van der Waals surface area contributed by atoms with Gasteiger partial charge in [-0.15, -0.1) is 5.10 Å². The number of hydrazine groups is 1. The summed E-state index contributed by atoms with van der Waals surface area (Å²) in [6, 6.07) is 9.87. The molecule has 2 heterocycles. The standard InChI is InChI=1S/C14H11N7O2/c22-13(17-18-14(23)11-4-2-6-15-8-11)10-3-1-5-12(7-10)21-9-16-19-20-21/h1-9H,(H,17,22)(H,18,23). The van der Waals surface area contributed by atoms with Crippen LogP contribution in [-0.2, 0) is 0 Å². The zero-order valence-corrected chi connectivity index (χ0v) is 11.7. The number of hydrogen-bond acceptors (Lipinski definition) is 6. The summed E-state index contributed by atoms with van der Waals surface area (Å²) in [7, 11) is 0. The van der Waals surface area contributed by atoms with Crippen LogP contribution in [0.25, 0.3) is 5.69 Å². The summed E-state index contributed by atoms with van der Waals surface area (Å²) >= 11 is 0. The number of carbonyl (C=O) groups excluding carboxylic acids is 2. The molecule has 0 unspecified atom stereocenters. The summed E-state index contributed by atoms with van der Waals surface area (Å²) in [5, 5.41) is 10.8. The van der Waals surface area contributed by atoms with E-state index in [2.05, 4.69) is 31.4 Å². The Labute approximate surface area is 130 Å². The van der Waals surface area contributed by atoms with Crippen LogP contribution in [0.3, 0.4) is 0 Å². The van der Waals surface area contributed by atoms with Gasteiger partial charge in [-0.3, -0.25) is 25.4 Å². The minimum absolute atomic E-state index is 0.343. The second-order valence-electron chi connectivity index (χ2n) is 4.45. The van der Waals surface area contributed by atoms with Crippen molar-refractivity contribution in [3.63, 3.8) is 0 Å². The van der Waals surface area contributed by atoms with E-state index >= 15 is 0 Å². The van der Waals surface area contributed by atoms with Crippen LogP contribution in [0.1, 0.15) is 20.7 Å². The van der Waals surface area contributed by atoms with Crippen molar-refractivity contribution in [3.8, 4) is 5.69 Å². The van der Waals surface area contributed by atoms with Crippen molar-refractivity contribution in [2.24, 2.45) is 0 Å². The maximum Gasteiger partial charge on any atom is 0.271 e. The molecule has 0 bridgehead atoms. The molecule has 3 rings (SSSR count). The third-order valence-corrected chi connectivity index (χ3v) is 2.94. The van der Waals surface area contributed by atoms with Crippen LogP contribution in [0.15, 0.2) is 55.1 Å². The van der Waals surface area contributed by atoms with Gasteiger partial charge in [0.05, 0.1) is 11.3 Å². The van der Waals surface area contributed by atoms with E-state index in [0.717, 1.165) is 0 Å². The first-order valence-corrected chi connectivity index (χ1v) is 6.58. The van der Waals surface area contributed by atoms with Crippen LogP contribution in [0.5, 0.6) is 0 Å². The van der Waals surface area contributed by atoms with E-state index in [1.807, 2.05) is 0 Å². The van der Waals surface area contributed by atoms with Crippen LogP contribution in [0, 0.1) is 0 Å². The Morgan fingerprint density at radius 3 is 2.48 bits per heavy atom. The van der Waals surface area contributed by atoms with E-state index in [1.165, 1.54) is 17.2 Å². The van der Waals surface area contributed by atoms with Crippen LogP contribution in [0.2, 0.25) is 0 Å². The summed E-state index contributed by atoms with van der Waals surface area (Å²) in [4.78, 5) is 27.8. The lowest BCUT2D eigenvalue weighted by atomic mass is 10.2. The number of pyridine rings is 1. The number of nitrogens with one attached hydrogen (secondary N) is 2. The number of benzene rings is 1. The van der Waals surface area contributed by atoms with Gasteiger partial charge in [0, 0.05) is 18.0 Å². The van der Waals surface area contributed by atoms with E-state index in [0.29, 0.717) is 16.8 Å². The molecule has 114 valence electrons. The average Bonchev–Trinajstić information content (AvgIpc) is 3.15. The van der Waals surface area contributed by atoms with Crippen molar-refractivity contribution >= 4 is 11.8 Å². The van der Waals surface area contributed by atoms with Crippen molar-refractivity contribution in [1.82, 2.24) is 36.0 Å². The number of carbonyl (C=O) groups is 2. The second-order valence-corrected chi connectivity index (χ2v) is 4.45. The van der Waals surface area contributed by atoms with Gasteiger partial charge >= 0.3 is 0 Å². The highest BCUT2D eigenvalue weighted by molar-refractivity contribution is 5.99. The molecule has 2 aromatic heterocycles. The van der Waals surface area contributed by atoms with E-state index in [1.54, 1.807) is 42.6 Å². The largest absolute Gasteiger partial charge is 0.271 e. The van der Waals surface area contributed by atoms with Crippen molar-refractivity contribution in [1.29, 1.82) is 0 Å². The van der Waals surface area contributed by atoms with E-state index < -0.39 is 11.8 Å². The molecular formula is C14H11N7O2.